The molecular formula is C23H22N6O3. The fourth-order valence-electron chi connectivity index (χ4n) is 3.28. The number of pyridine rings is 2. The van der Waals surface area contributed by atoms with Crippen LogP contribution >= 0.6 is 0 Å². The van der Waals surface area contributed by atoms with Crippen LogP contribution in [0.5, 0.6) is 0 Å². The summed E-state index contributed by atoms with van der Waals surface area (Å²) in [5, 5.41) is 11.2. The molecule has 1 aliphatic rings. The molecule has 3 N–H and O–H groups in total. The predicted octanol–water partition coefficient (Wildman–Crippen LogP) is 1.92. The SMILES string of the molecule is CNC(=O)c1ccc(-c2ccc(CNC(=O)c3c[nH]c(N4CCC=N4)cc3=O)cn2)cc1. The molecule has 2 aromatic heterocycles. The van der Waals surface area contributed by atoms with Crippen LogP contribution in [0.2, 0.25) is 0 Å². The number of hydrazone groups is 1. The van der Waals surface area contributed by atoms with Gasteiger partial charge in [0.1, 0.15) is 11.4 Å². The van der Waals surface area contributed by atoms with Gasteiger partial charge >= 0.3 is 0 Å². The van der Waals surface area contributed by atoms with Gasteiger partial charge in [0.15, 0.2) is 5.43 Å². The molecule has 3 heterocycles. The van der Waals surface area contributed by atoms with E-state index >= 15 is 0 Å². The molecule has 4 rings (SSSR count). The minimum Gasteiger partial charge on any atom is -0.355 e. The van der Waals surface area contributed by atoms with Crippen molar-refractivity contribution >= 4 is 23.8 Å². The standard InChI is InChI=1S/C23H22N6O3/c1-24-22(31)17-6-4-16(5-7-17)19-8-3-15(12-25-19)13-27-23(32)18-14-26-21(11-20(18)30)29-10-2-9-28-29/h3-9,11-12,14H,2,10,13H2,1H3,(H,24,31)(H,26,30)(H,27,32). The Hall–Kier alpha value is -4.27. The number of amides is 2. The molecule has 0 spiro atoms. The van der Waals surface area contributed by atoms with Crippen LogP contribution in [0.4, 0.5) is 5.82 Å². The topological polar surface area (TPSA) is 120 Å². The van der Waals surface area contributed by atoms with Crippen molar-refractivity contribution in [3.8, 4) is 11.3 Å². The minimum atomic E-state index is -0.461. The number of aromatic amines is 1. The zero-order chi connectivity index (χ0) is 22.5. The fourth-order valence-corrected chi connectivity index (χ4v) is 3.28. The molecule has 0 saturated carbocycles. The van der Waals surface area contributed by atoms with E-state index in [1.54, 1.807) is 36.6 Å². The Balaban J connectivity index is 1.38. The van der Waals surface area contributed by atoms with E-state index in [1.165, 1.54) is 12.3 Å². The lowest BCUT2D eigenvalue weighted by molar-refractivity contribution is 0.0945. The summed E-state index contributed by atoms with van der Waals surface area (Å²) in [6, 6.07) is 12.2. The smallest absolute Gasteiger partial charge is 0.257 e. The second kappa shape index (κ2) is 9.25. The predicted molar refractivity (Wildman–Crippen MR) is 122 cm³/mol. The van der Waals surface area contributed by atoms with E-state index in [-0.39, 0.29) is 23.4 Å². The lowest BCUT2D eigenvalue weighted by Gasteiger charge is -2.13. The van der Waals surface area contributed by atoms with Crippen LogP contribution < -0.4 is 21.1 Å². The zero-order valence-corrected chi connectivity index (χ0v) is 17.5. The Labute approximate surface area is 184 Å². The molecule has 9 heteroatoms. The Bertz CT molecular complexity index is 1220. The van der Waals surface area contributed by atoms with Crippen molar-refractivity contribution in [1.29, 1.82) is 0 Å². The third-order valence-electron chi connectivity index (χ3n) is 5.06. The number of carbonyl (C=O) groups is 2. The lowest BCUT2D eigenvalue weighted by atomic mass is 10.1. The van der Waals surface area contributed by atoms with E-state index in [9.17, 15) is 14.4 Å². The first-order valence-corrected chi connectivity index (χ1v) is 10.1. The molecule has 0 fully saturated rings. The maximum Gasteiger partial charge on any atom is 0.257 e. The first-order valence-electron chi connectivity index (χ1n) is 10.1. The number of rotatable bonds is 6. The van der Waals surface area contributed by atoms with Crippen molar-refractivity contribution < 1.29 is 9.59 Å². The van der Waals surface area contributed by atoms with Gasteiger partial charge in [-0.15, -0.1) is 0 Å². The molecule has 0 aliphatic carbocycles. The second-order valence-corrected chi connectivity index (χ2v) is 7.20. The molecular weight excluding hydrogens is 408 g/mol. The van der Waals surface area contributed by atoms with Crippen LogP contribution in [-0.2, 0) is 6.54 Å². The highest BCUT2D eigenvalue weighted by Crippen LogP contribution is 2.18. The molecule has 0 atom stereocenters. The molecule has 162 valence electrons. The highest BCUT2D eigenvalue weighted by molar-refractivity contribution is 5.94. The van der Waals surface area contributed by atoms with E-state index in [2.05, 4.69) is 25.7 Å². The van der Waals surface area contributed by atoms with E-state index < -0.39 is 5.91 Å². The lowest BCUT2D eigenvalue weighted by Crippen LogP contribution is -2.29. The van der Waals surface area contributed by atoms with Gasteiger partial charge in [0.2, 0.25) is 0 Å². The van der Waals surface area contributed by atoms with E-state index in [0.717, 1.165) is 23.2 Å². The molecule has 0 bridgehead atoms. The van der Waals surface area contributed by atoms with Gasteiger partial charge in [-0.2, -0.15) is 5.10 Å². The number of aromatic nitrogens is 2. The van der Waals surface area contributed by atoms with Gasteiger partial charge in [-0.05, 0) is 23.8 Å². The summed E-state index contributed by atoms with van der Waals surface area (Å²) in [5.41, 5.74) is 2.67. The molecule has 2 amide bonds. The van der Waals surface area contributed by atoms with Crippen molar-refractivity contribution in [3.63, 3.8) is 0 Å². The molecule has 3 aromatic rings. The van der Waals surface area contributed by atoms with Gasteiger partial charge in [0.25, 0.3) is 11.8 Å². The maximum absolute atomic E-state index is 12.4. The van der Waals surface area contributed by atoms with Crippen molar-refractivity contribution in [3.05, 3.63) is 81.8 Å². The number of benzene rings is 1. The van der Waals surface area contributed by atoms with Gasteiger partial charge in [-0.1, -0.05) is 18.2 Å². The third-order valence-corrected chi connectivity index (χ3v) is 5.06. The summed E-state index contributed by atoms with van der Waals surface area (Å²) in [5.74, 6) is -0.0475. The quantitative estimate of drug-likeness (QED) is 0.552. The van der Waals surface area contributed by atoms with Gasteiger partial charge in [-0.3, -0.25) is 19.4 Å². The highest BCUT2D eigenvalue weighted by atomic mass is 16.2. The summed E-state index contributed by atoms with van der Waals surface area (Å²) in [6.07, 6.45) is 5.67. The zero-order valence-electron chi connectivity index (χ0n) is 17.5. The Morgan fingerprint density at radius 3 is 2.56 bits per heavy atom. The van der Waals surface area contributed by atoms with Crippen LogP contribution in [0.15, 0.2) is 64.8 Å². The first-order chi connectivity index (χ1) is 15.5. The monoisotopic (exact) mass is 430 g/mol. The van der Waals surface area contributed by atoms with Crippen molar-refractivity contribution in [2.75, 3.05) is 18.6 Å². The van der Waals surface area contributed by atoms with Crippen molar-refractivity contribution in [2.45, 2.75) is 13.0 Å². The summed E-state index contributed by atoms with van der Waals surface area (Å²) in [4.78, 5) is 43.8. The van der Waals surface area contributed by atoms with E-state index in [0.29, 0.717) is 17.9 Å². The molecule has 0 unspecified atom stereocenters. The molecule has 0 radical (unpaired) electrons. The number of nitrogens with one attached hydrogen (secondary N) is 3. The Morgan fingerprint density at radius 1 is 1.12 bits per heavy atom. The van der Waals surface area contributed by atoms with Crippen LogP contribution in [0.1, 0.15) is 32.7 Å². The average Bonchev–Trinajstić information content (AvgIpc) is 3.37. The van der Waals surface area contributed by atoms with Gasteiger partial charge in [0, 0.05) is 62.4 Å². The number of nitrogens with zero attached hydrogens (tertiary/aromatic N) is 3. The van der Waals surface area contributed by atoms with Gasteiger partial charge < -0.3 is 15.6 Å². The fraction of sp³-hybridized carbons (Fsp3) is 0.174. The van der Waals surface area contributed by atoms with Crippen molar-refractivity contribution in [2.24, 2.45) is 5.10 Å². The number of carbonyl (C=O) groups excluding carboxylic acids is 2. The normalized spacial score (nSPS) is 12.6. The summed E-state index contributed by atoms with van der Waals surface area (Å²) in [6.45, 7) is 0.933. The number of hydrogen-bond donors (Lipinski definition) is 3. The van der Waals surface area contributed by atoms with Gasteiger partial charge in [-0.25, -0.2) is 5.01 Å². The molecule has 1 aromatic carbocycles. The molecule has 1 aliphatic heterocycles. The Kier molecular flexibility index (Phi) is 6.07. The molecule has 0 saturated heterocycles. The van der Waals surface area contributed by atoms with Crippen LogP contribution in [0.25, 0.3) is 11.3 Å². The van der Waals surface area contributed by atoms with E-state index in [1.807, 2.05) is 24.3 Å². The number of H-pyrrole nitrogens is 1. The first kappa shape index (κ1) is 21.0. The summed E-state index contributed by atoms with van der Waals surface area (Å²) < 4.78 is 0. The minimum absolute atomic E-state index is 0.0395. The molecule has 9 nitrogen and oxygen atoms in total. The average molecular weight is 430 g/mol. The van der Waals surface area contributed by atoms with E-state index in [4.69, 9.17) is 0 Å². The summed E-state index contributed by atoms with van der Waals surface area (Å²) in [7, 11) is 1.59. The third kappa shape index (κ3) is 4.56. The second-order valence-electron chi connectivity index (χ2n) is 7.20. The Morgan fingerprint density at radius 2 is 1.94 bits per heavy atom. The highest BCUT2D eigenvalue weighted by Gasteiger charge is 2.15. The number of hydrogen-bond acceptors (Lipinski definition) is 6. The maximum atomic E-state index is 12.4. The van der Waals surface area contributed by atoms with Gasteiger partial charge in [0.05, 0.1) is 5.69 Å². The van der Waals surface area contributed by atoms with Crippen LogP contribution in [0.3, 0.4) is 0 Å². The van der Waals surface area contributed by atoms with Crippen LogP contribution in [-0.4, -0.2) is 41.6 Å². The largest absolute Gasteiger partial charge is 0.355 e. The number of anilines is 1. The summed E-state index contributed by atoms with van der Waals surface area (Å²) >= 11 is 0. The van der Waals surface area contributed by atoms with Crippen molar-refractivity contribution in [1.82, 2.24) is 20.6 Å². The van der Waals surface area contributed by atoms with Crippen LogP contribution in [0, 0.1) is 0 Å². The molecule has 32 heavy (non-hydrogen) atoms.